The van der Waals surface area contributed by atoms with Crippen LogP contribution in [-0.4, -0.2) is 25.2 Å². The zero-order chi connectivity index (χ0) is 13.0. The standard InChI is InChI=1S/C10H8F2N2O3/c1-16-8-5(9(11)12)3-6(10(15)17-2)14-7(8)4-13/h3,9H,1-2H3. The molecule has 0 atom stereocenters. The highest BCUT2D eigenvalue weighted by atomic mass is 19.3. The zero-order valence-corrected chi connectivity index (χ0v) is 9.03. The van der Waals surface area contributed by atoms with E-state index < -0.39 is 18.0 Å². The SMILES string of the molecule is COC(=O)c1cc(C(F)F)c(OC)c(C#N)n1. The first-order chi connectivity index (χ1) is 8.04. The second-order valence-electron chi connectivity index (χ2n) is 2.88. The molecule has 0 bridgehead atoms. The zero-order valence-electron chi connectivity index (χ0n) is 9.03. The molecule has 1 rings (SSSR count). The first-order valence-corrected chi connectivity index (χ1v) is 4.40. The number of aromatic nitrogens is 1. The predicted molar refractivity (Wildman–Crippen MR) is 51.8 cm³/mol. The van der Waals surface area contributed by atoms with Crippen molar-refractivity contribution in [3.63, 3.8) is 0 Å². The van der Waals surface area contributed by atoms with E-state index >= 15 is 0 Å². The molecule has 1 heterocycles. The van der Waals surface area contributed by atoms with Crippen LogP contribution in [0.25, 0.3) is 0 Å². The number of nitriles is 1. The van der Waals surface area contributed by atoms with E-state index in [4.69, 9.17) is 5.26 Å². The Morgan fingerprint density at radius 3 is 2.59 bits per heavy atom. The maximum atomic E-state index is 12.7. The Bertz CT molecular complexity index is 483. The molecule has 0 N–H and O–H groups in total. The van der Waals surface area contributed by atoms with Gasteiger partial charge < -0.3 is 9.47 Å². The summed E-state index contributed by atoms with van der Waals surface area (Å²) in [6, 6.07) is 2.43. The van der Waals surface area contributed by atoms with Crippen molar-refractivity contribution in [2.24, 2.45) is 0 Å². The summed E-state index contributed by atoms with van der Waals surface area (Å²) < 4.78 is 34.4. The molecular weight excluding hydrogens is 234 g/mol. The smallest absolute Gasteiger partial charge is 0.356 e. The van der Waals surface area contributed by atoms with Crippen LogP contribution in [0.3, 0.4) is 0 Å². The number of carbonyl (C=O) groups is 1. The Labute approximate surface area is 95.6 Å². The molecule has 0 aliphatic carbocycles. The number of nitrogens with zero attached hydrogens (tertiary/aromatic N) is 2. The van der Waals surface area contributed by atoms with Crippen LogP contribution < -0.4 is 4.74 Å². The molecule has 0 radical (unpaired) electrons. The number of ether oxygens (including phenoxy) is 2. The lowest BCUT2D eigenvalue weighted by atomic mass is 10.1. The molecule has 0 aromatic carbocycles. The van der Waals surface area contributed by atoms with E-state index in [9.17, 15) is 13.6 Å². The normalized spacial score (nSPS) is 9.88. The summed E-state index contributed by atoms with van der Waals surface area (Å²) in [6.07, 6.45) is -2.89. The second-order valence-corrected chi connectivity index (χ2v) is 2.88. The summed E-state index contributed by atoms with van der Waals surface area (Å²) in [6.45, 7) is 0. The van der Waals surface area contributed by atoms with Crippen molar-refractivity contribution in [1.82, 2.24) is 4.98 Å². The Kier molecular flexibility index (Phi) is 3.93. The number of halogens is 2. The Hall–Kier alpha value is -2.23. The van der Waals surface area contributed by atoms with Crippen molar-refractivity contribution in [3.8, 4) is 11.8 Å². The van der Waals surface area contributed by atoms with Gasteiger partial charge in [0.15, 0.2) is 17.1 Å². The van der Waals surface area contributed by atoms with Gasteiger partial charge in [0.25, 0.3) is 6.43 Å². The molecule has 0 aliphatic heterocycles. The Morgan fingerprint density at radius 1 is 1.53 bits per heavy atom. The average Bonchev–Trinajstić information content (AvgIpc) is 2.35. The number of hydrogen-bond acceptors (Lipinski definition) is 5. The van der Waals surface area contributed by atoms with Gasteiger partial charge in [0.2, 0.25) is 0 Å². The molecule has 17 heavy (non-hydrogen) atoms. The van der Waals surface area contributed by atoms with Crippen LogP contribution in [0.2, 0.25) is 0 Å². The summed E-state index contributed by atoms with van der Waals surface area (Å²) in [5, 5.41) is 8.75. The van der Waals surface area contributed by atoms with E-state index in [0.717, 1.165) is 20.3 Å². The molecule has 1 aromatic rings. The van der Waals surface area contributed by atoms with Gasteiger partial charge in [-0.05, 0) is 6.07 Å². The number of pyridine rings is 1. The lowest BCUT2D eigenvalue weighted by Crippen LogP contribution is -2.09. The summed E-state index contributed by atoms with van der Waals surface area (Å²) in [4.78, 5) is 14.8. The van der Waals surface area contributed by atoms with Gasteiger partial charge in [-0.2, -0.15) is 5.26 Å². The van der Waals surface area contributed by atoms with Crippen molar-refractivity contribution >= 4 is 5.97 Å². The highest BCUT2D eigenvalue weighted by Crippen LogP contribution is 2.31. The van der Waals surface area contributed by atoms with Crippen LogP contribution in [0, 0.1) is 11.3 Å². The van der Waals surface area contributed by atoms with E-state index in [1.807, 2.05) is 0 Å². The van der Waals surface area contributed by atoms with Crippen LogP contribution in [-0.2, 0) is 4.74 Å². The summed E-state index contributed by atoms with van der Waals surface area (Å²) in [7, 11) is 2.23. The first-order valence-electron chi connectivity index (χ1n) is 4.40. The van der Waals surface area contributed by atoms with E-state index in [1.54, 1.807) is 6.07 Å². The van der Waals surface area contributed by atoms with Gasteiger partial charge in [0, 0.05) is 0 Å². The fourth-order valence-electron chi connectivity index (χ4n) is 1.21. The Morgan fingerprint density at radius 2 is 2.18 bits per heavy atom. The highest BCUT2D eigenvalue weighted by molar-refractivity contribution is 5.87. The monoisotopic (exact) mass is 242 g/mol. The largest absolute Gasteiger partial charge is 0.493 e. The van der Waals surface area contributed by atoms with Gasteiger partial charge in [0.1, 0.15) is 6.07 Å². The molecule has 0 spiro atoms. The van der Waals surface area contributed by atoms with E-state index in [2.05, 4.69) is 14.5 Å². The second kappa shape index (κ2) is 5.21. The van der Waals surface area contributed by atoms with Gasteiger partial charge in [-0.1, -0.05) is 0 Å². The summed E-state index contributed by atoms with van der Waals surface area (Å²) in [5.41, 5.74) is -1.31. The highest BCUT2D eigenvalue weighted by Gasteiger charge is 2.22. The van der Waals surface area contributed by atoms with Crippen molar-refractivity contribution in [3.05, 3.63) is 23.0 Å². The maximum Gasteiger partial charge on any atom is 0.356 e. The molecule has 1 aromatic heterocycles. The average molecular weight is 242 g/mol. The van der Waals surface area contributed by atoms with Crippen molar-refractivity contribution in [2.45, 2.75) is 6.43 Å². The van der Waals surface area contributed by atoms with Crippen molar-refractivity contribution < 1.29 is 23.0 Å². The number of esters is 1. The number of rotatable bonds is 3. The van der Waals surface area contributed by atoms with Crippen LogP contribution in [0.4, 0.5) is 8.78 Å². The van der Waals surface area contributed by atoms with Crippen LogP contribution in [0.5, 0.6) is 5.75 Å². The molecule has 0 saturated heterocycles. The molecular formula is C10H8F2N2O3. The minimum atomic E-state index is -2.89. The fourth-order valence-corrected chi connectivity index (χ4v) is 1.21. The van der Waals surface area contributed by atoms with E-state index in [-0.39, 0.29) is 17.1 Å². The quantitative estimate of drug-likeness (QED) is 0.754. The number of carbonyl (C=O) groups excluding carboxylic acids is 1. The molecule has 0 saturated carbocycles. The predicted octanol–water partition coefficient (Wildman–Crippen LogP) is 1.69. The molecule has 90 valence electrons. The minimum Gasteiger partial charge on any atom is -0.493 e. The first kappa shape index (κ1) is 12.8. The van der Waals surface area contributed by atoms with E-state index in [0.29, 0.717) is 0 Å². The molecule has 0 fully saturated rings. The maximum absolute atomic E-state index is 12.7. The fraction of sp³-hybridized carbons (Fsp3) is 0.300. The molecule has 5 nitrogen and oxygen atoms in total. The third kappa shape index (κ3) is 2.47. The Balaban J connectivity index is 3.47. The van der Waals surface area contributed by atoms with Gasteiger partial charge in [-0.25, -0.2) is 18.6 Å². The van der Waals surface area contributed by atoms with Crippen LogP contribution in [0.1, 0.15) is 28.2 Å². The lowest BCUT2D eigenvalue weighted by molar-refractivity contribution is 0.0593. The third-order valence-electron chi connectivity index (χ3n) is 1.94. The van der Waals surface area contributed by atoms with Crippen LogP contribution >= 0.6 is 0 Å². The van der Waals surface area contributed by atoms with E-state index in [1.165, 1.54) is 0 Å². The van der Waals surface area contributed by atoms with Gasteiger partial charge in [-0.15, -0.1) is 0 Å². The summed E-state index contributed by atoms with van der Waals surface area (Å²) >= 11 is 0. The van der Waals surface area contributed by atoms with Gasteiger partial charge in [0.05, 0.1) is 19.8 Å². The minimum absolute atomic E-state index is 0.338. The molecule has 0 aliphatic rings. The van der Waals surface area contributed by atoms with Crippen LogP contribution in [0.15, 0.2) is 6.07 Å². The number of hydrogen-bond donors (Lipinski definition) is 0. The van der Waals surface area contributed by atoms with Gasteiger partial charge >= 0.3 is 5.97 Å². The van der Waals surface area contributed by atoms with Crippen molar-refractivity contribution in [1.29, 1.82) is 5.26 Å². The van der Waals surface area contributed by atoms with Crippen molar-refractivity contribution in [2.75, 3.05) is 14.2 Å². The summed E-state index contributed by atoms with van der Waals surface area (Å²) in [5.74, 6) is -1.23. The topological polar surface area (TPSA) is 72.2 Å². The number of alkyl halides is 2. The number of methoxy groups -OCH3 is 2. The third-order valence-corrected chi connectivity index (χ3v) is 1.94. The lowest BCUT2D eigenvalue weighted by Gasteiger charge is -2.10. The molecule has 7 heteroatoms. The van der Waals surface area contributed by atoms with Gasteiger partial charge in [-0.3, -0.25) is 0 Å². The molecule has 0 amide bonds. The molecule has 0 unspecified atom stereocenters.